The van der Waals surface area contributed by atoms with Crippen LogP contribution in [0.5, 0.6) is 0 Å². The van der Waals surface area contributed by atoms with Crippen molar-refractivity contribution in [1.82, 2.24) is 9.55 Å². The molecule has 0 spiro atoms. The van der Waals surface area contributed by atoms with E-state index in [0.29, 0.717) is 11.4 Å². The van der Waals surface area contributed by atoms with Crippen molar-refractivity contribution in [2.75, 3.05) is 6.61 Å². The number of thiazole rings is 1. The fourth-order valence-electron chi connectivity index (χ4n) is 1.28. The first kappa shape index (κ1) is 11.5. The van der Waals surface area contributed by atoms with Gasteiger partial charge in [0.05, 0.1) is 6.61 Å². The van der Waals surface area contributed by atoms with Crippen molar-refractivity contribution < 1.29 is 4.74 Å². The fourth-order valence-corrected chi connectivity index (χ4v) is 1.99. The van der Waals surface area contributed by atoms with E-state index in [1.165, 1.54) is 11.3 Å². The van der Waals surface area contributed by atoms with E-state index in [-0.39, 0.29) is 6.02 Å². The second kappa shape index (κ2) is 5.40. The van der Waals surface area contributed by atoms with Gasteiger partial charge in [-0.3, -0.25) is 4.57 Å². The van der Waals surface area contributed by atoms with Gasteiger partial charge in [0.2, 0.25) is 0 Å². The van der Waals surface area contributed by atoms with Crippen LogP contribution in [-0.4, -0.2) is 22.2 Å². The molecule has 0 saturated heterocycles. The standard InChI is InChI=1S/C11H12N4OS/c1-2-16-10(12)14-11-15(7-8-17-11)9-5-3-4-6-13-9/h3-8,12H,2H2,1H3/b12-10?,14-11-. The summed E-state index contributed by atoms with van der Waals surface area (Å²) in [6, 6.07) is 5.57. The number of ether oxygens (including phenoxy) is 1. The maximum Gasteiger partial charge on any atom is 0.311 e. The zero-order valence-electron chi connectivity index (χ0n) is 9.33. The Morgan fingerprint density at radius 2 is 2.47 bits per heavy atom. The number of amidine groups is 1. The molecule has 2 aromatic heterocycles. The molecule has 2 rings (SSSR count). The van der Waals surface area contributed by atoms with Crippen LogP contribution in [0.1, 0.15) is 6.92 Å². The summed E-state index contributed by atoms with van der Waals surface area (Å²) >= 11 is 1.43. The molecule has 0 atom stereocenters. The van der Waals surface area contributed by atoms with Gasteiger partial charge < -0.3 is 4.74 Å². The number of aromatic nitrogens is 2. The van der Waals surface area contributed by atoms with Crippen molar-refractivity contribution in [3.05, 3.63) is 40.8 Å². The van der Waals surface area contributed by atoms with Crippen molar-refractivity contribution in [1.29, 1.82) is 5.41 Å². The number of hydrogen-bond donors (Lipinski definition) is 1. The highest BCUT2D eigenvalue weighted by Gasteiger charge is 2.00. The molecule has 17 heavy (non-hydrogen) atoms. The van der Waals surface area contributed by atoms with Crippen LogP contribution >= 0.6 is 11.3 Å². The zero-order chi connectivity index (χ0) is 12.1. The highest BCUT2D eigenvalue weighted by Crippen LogP contribution is 2.01. The Balaban J connectivity index is 2.39. The molecule has 0 aliphatic rings. The van der Waals surface area contributed by atoms with Crippen LogP contribution in [0.4, 0.5) is 0 Å². The van der Waals surface area contributed by atoms with Crippen LogP contribution in [0, 0.1) is 5.41 Å². The number of hydrogen-bond acceptors (Lipinski definition) is 4. The van der Waals surface area contributed by atoms with Crippen LogP contribution in [0.15, 0.2) is 41.0 Å². The topological polar surface area (TPSA) is 63.3 Å². The Bertz CT molecular complexity index is 558. The lowest BCUT2D eigenvalue weighted by Crippen LogP contribution is -2.16. The van der Waals surface area contributed by atoms with Gasteiger partial charge in [-0.2, -0.15) is 4.99 Å². The quantitative estimate of drug-likeness (QED) is 0.650. The summed E-state index contributed by atoms with van der Waals surface area (Å²) in [5.74, 6) is 0.775. The van der Waals surface area contributed by atoms with E-state index in [4.69, 9.17) is 10.1 Å². The Morgan fingerprint density at radius 3 is 3.18 bits per heavy atom. The van der Waals surface area contributed by atoms with Crippen molar-refractivity contribution >= 4 is 17.4 Å². The third-order valence-corrected chi connectivity index (χ3v) is 2.72. The SMILES string of the molecule is CCOC(=N)/N=c1\sccn1-c1ccccn1. The minimum Gasteiger partial charge on any atom is -0.464 e. The van der Waals surface area contributed by atoms with Crippen LogP contribution in [0.25, 0.3) is 5.82 Å². The first-order valence-electron chi connectivity index (χ1n) is 5.15. The van der Waals surface area contributed by atoms with E-state index in [0.717, 1.165) is 5.82 Å². The van der Waals surface area contributed by atoms with E-state index >= 15 is 0 Å². The summed E-state index contributed by atoms with van der Waals surface area (Å²) in [5.41, 5.74) is 0. The molecule has 0 saturated carbocycles. The van der Waals surface area contributed by atoms with Gasteiger partial charge in [0.1, 0.15) is 5.82 Å². The lowest BCUT2D eigenvalue weighted by molar-refractivity contribution is 0.318. The van der Waals surface area contributed by atoms with Crippen molar-refractivity contribution in [2.45, 2.75) is 6.92 Å². The molecule has 2 aromatic rings. The highest BCUT2D eigenvalue weighted by atomic mass is 32.1. The molecule has 0 bridgehead atoms. The Labute approximate surface area is 103 Å². The average Bonchev–Trinajstić information content (AvgIpc) is 2.78. The predicted octanol–water partition coefficient (Wildman–Crippen LogP) is 1.81. The summed E-state index contributed by atoms with van der Waals surface area (Å²) in [6.45, 7) is 2.27. The van der Waals surface area contributed by atoms with Gasteiger partial charge in [-0.1, -0.05) is 6.07 Å². The number of rotatable bonds is 2. The fraction of sp³-hybridized carbons (Fsp3) is 0.182. The molecular formula is C11H12N4OS. The van der Waals surface area contributed by atoms with Gasteiger partial charge in [-0.25, -0.2) is 10.4 Å². The molecule has 0 radical (unpaired) electrons. The maximum absolute atomic E-state index is 7.51. The smallest absolute Gasteiger partial charge is 0.311 e. The summed E-state index contributed by atoms with van der Waals surface area (Å²) < 4.78 is 6.81. The van der Waals surface area contributed by atoms with Gasteiger partial charge in [-0.15, -0.1) is 11.3 Å². The molecule has 0 unspecified atom stereocenters. The van der Waals surface area contributed by atoms with Crippen LogP contribution in [0.2, 0.25) is 0 Å². The zero-order valence-corrected chi connectivity index (χ0v) is 10.1. The van der Waals surface area contributed by atoms with Crippen molar-refractivity contribution in [3.8, 4) is 5.82 Å². The Morgan fingerprint density at radius 1 is 1.59 bits per heavy atom. The number of nitrogens with one attached hydrogen (secondary N) is 1. The third kappa shape index (κ3) is 2.79. The summed E-state index contributed by atoms with van der Waals surface area (Å²) in [7, 11) is 0. The molecule has 0 amide bonds. The average molecular weight is 248 g/mol. The summed E-state index contributed by atoms with van der Waals surface area (Å²) in [5, 5.41) is 9.40. The molecule has 0 aliphatic carbocycles. The molecule has 88 valence electrons. The second-order valence-electron chi connectivity index (χ2n) is 3.09. The monoisotopic (exact) mass is 248 g/mol. The normalized spacial score (nSPS) is 11.5. The van der Waals surface area contributed by atoms with E-state index < -0.39 is 0 Å². The molecule has 0 aromatic carbocycles. The lowest BCUT2D eigenvalue weighted by Gasteiger charge is -2.01. The summed E-state index contributed by atoms with van der Waals surface area (Å²) in [4.78, 5) is 8.99. The van der Waals surface area contributed by atoms with Gasteiger partial charge in [-0.05, 0) is 19.1 Å². The molecule has 5 nitrogen and oxygen atoms in total. The van der Waals surface area contributed by atoms with Crippen molar-refractivity contribution in [3.63, 3.8) is 0 Å². The molecular weight excluding hydrogens is 236 g/mol. The van der Waals surface area contributed by atoms with Gasteiger partial charge in [0.15, 0.2) is 4.80 Å². The first-order valence-corrected chi connectivity index (χ1v) is 6.03. The predicted molar refractivity (Wildman–Crippen MR) is 66.4 cm³/mol. The lowest BCUT2D eigenvalue weighted by atomic mass is 10.5. The van der Waals surface area contributed by atoms with Crippen LogP contribution in [-0.2, 0) is 4.74 Å². The summed E-state index contributed by atoms with van der Waals surface area (Å²) in [6.07, 6.45) is 3.59. The number of pyridine rings is 1. The van der Waals surface area contributed by atoms with E-state index in [1.54, 1.807) is 6.20 Å². The van der Waals surface area contributed by atoms with E-state index in [1.807, 2.05) is 41.3 Å². The maximum atomic E-state index is 7.51. The van der Waals surface area contributed by atoms with E-state index in [2.05, 4.69) is 9.98 Å². The minimum atomic E-state index is -0.0837. The second-order valence-corrected chi connectivity index (χ2v) is 3.97. The Kier molecular flexibility index (Phi) is 3.66. The molecule has 2 heterocycles. The third-order valence-electron chi connectivity index (χ3n) is 1.96. The van der Waals surface area contributed by atoms with Gasteiger partial charge in [0, 0.05) is 17.8 Å². The molecule has 0 aliphatic heterocycles. The number of nitrogens with zero attached hydrogens (tertiary/aromatic N) is 3. The van der Waals surface area contributed by atoms with Crippen molar-refractivity contribution in [2.24, 2.45) is 4.99 Å². The largest absolute Gasteiger partial charge is 0.464 e. The minimum absolute atomic E-state index is 0.0837. The van der Waals surface area contributed by atoms with Gasteiger partial charge in [0.25, 0.3) is 0 Å². The first-order chi connectivity index (χ1) is 8.31. The van der Waals surface area contributed by atoms with E-state index in [9.17, 15) is 0 Å². The molecule has 6 heteroatoms. The highest BCUT2D eigenvalue weighted by molar-refractivity contribution is 7.07. The van der Waals surface area contributed by atoms with Crippen LogP contribution in [0.3, 0.4) is 0 Å². The Hall–Kier alpha value is -1.95. The molecule has 0 fully saturated rings. The van der Waals surface area contributed by atoms with Gasteiger partial charge >= 0.3 is 6.02 Å². The molecule has 1 N–H and O–H groups in total. The van der Waals surface area contributed by atoms with Crippen LogP contribution < -0.4 is 4.80 Å².